The van der Waals surface area contributed by atoms with Crippen molar-refractivity contribution in [3.05, 3.63) is 0 Å². The molecule has 0 unspecified atom stereocenters. The molecule has 0 aliphatic carbocycles. The first-order valence-corrected chi connectivity index (χ1v) is 57.0. The van der Waals surface area contributed by atoms with E-state index in [4.69, 9.17) is 31.6 Å². The molecule has 612 valence electrons. The van der Waals surface area contributed by atoms with E-state index >= 15 is 0 Å². The van der Waals surface area contributed by atoms with E-state index in [9.17, 15) is 0 Å². The SMILES string of the molecule is CCCC[P+](CC#N)(CCCC)CCCC.CCCC[P+](CC#N)(CCCC)CCCC.CCCC[P+](CC#N)(CCCC)CCCC.CCCC[P+](CC#N)(CCCC)CCCC.CCCC[P+](CC#N)(CCCC)CCCC.CCCC[P+](CC#N)(CCCC)CCCC.[F-].[F-].[F-].[F-].[F-].[F-]. The van der Waals surface area contributed by atoms with Gasteiger partial charge in [-0.1, -0.05) is 240 Å². The van der Waals surface area contributed by atoms with Crippen molar-refractivity contribution >= 4 is 43.6 Å². The van der Waals surface area contributed by atoms with Crippen molar-refractivity contribution in [2.75, 3.05) is 148 Å². The van der Waals surface area contributed by atoms with Gasteiger partial charge in [0.2, 0.25) is 0 Å². The summed E-state index contributed by atoms with van der Waals surface area (Å²) in [6.45, 7) is 40.8. The van der Waals surface area contributed by atoms with Gasteiger partial charge in [-0.3, -0.25) is 0 Å². The average Bonchev–Trinajstić information content (AvgIpc) is 1.16. The highest BCUT2D eigenvalue weighted by Gasteiger charge is 2.40. The zero-order chi connectivity index (χ0) is 73.7. The number of hydrogen-bond acceptors (Lipinski definition) is 6. The molecule has 0 saturated carbocycles. The van der Waals surface area contributed by atoms with Gasteiger partial charge in [0, 0.05) is 43.6 Å². The van der Waals surface area contributed by atoms with E-state index in [1.165, 1.54) is 342 Å². The first-order chi connectivity index (χ1) is 46.5. The lowest BCUT2D eigenvalue weighted by atomic mass is 10.4. The minimum Gasteiger partial charge on any atom is -1.00 e. The predicted octanol–water partition coefficient (Wildman–Crippen LogP) is 11.6. The Hall–Kier alpha value is -0.900. The van der Waals surface area contributed by atoms with E-state index in [0.717, 1.165) is 37.0 Å². The van der Waals surface area contributed by atoms with Crippen LogP contribution in [0.1, 0.15) is 356 Å². The van der Waals surface area contributed by atoms with Crippen LogP contribution in [0.15, 0.2) is 0 Å². The summed E-state index contributed by atoms with van der Waals surface area (Å²) >= 11 is 0. The van der Waals surface area contributed by atoms with E-state index in [1.807, 2.05) is 0 Å². The van der Waals surface area contributed by atoms with Gasteiger partial charge in [0.25, 0.3) is 0 Å². The Balaban J connectivity index is -0.0000000942. The highest BCUT2D eigenvalue weighted by molar-refractivity contribution is 7.77. The van der Waals surface area contributed by atoms with Crippen LogP contribution in [0.5, 0.6) is 0 Å². The van der Waals surface area contributed by atoms with E-state index in [-0.39, 0.29) is 28.2 Å². The van der Waals surface area contributed by atoms with Crippen LogP contribution in [0.2, 0.25) is 0 Å². The van der Waals surface area contributed by atoms with Gasteiger partial charge in [-0.15, -0.1) is 0 Å². The second-order valence-corrected chi connectivity index (χ2v) is 55.4. The highest BCUT2D eigenvalue weighted by Crippen LogP contribution is 2.64. The Morgan fingerprint density at radius 1 is 0.137 bits per heavy atom. The van der Waals surface area contributed by atoms with Crippen molar-refractivity contribution in [2.45, 2.75) is 356 Å². The molecule has 6 nitrogen and oxygen atoms in total. The molecule has 0 fully saturated rings. The fourth-order valence-electron chi connectivity index (χ4n) is 13.2. The second kappa shape index (κ2) is 96.2. The molecule has 0 aromatic carbocycles. The van der Waals surface area contributed by atoms with Gasteiger partial charge < -0.3 is 28.2 Å². The Morgan fingerprint density at radius 3 is 0.235 bits per heavy atom. The van der Waals surface area contributed by atoms with E-state index < -0.39 is 43.6 Å². The maximum absolute atomic E-state index is 9.08. The molecule has 0 atom stereocenters. The minimum atomic E-state index is -0.907. The van der Waals surface area contributed by atoms with Gasteiger partial charge in [0.1, 0.15) is 73.4 Å². The standard InChI is InChI=1S/6C14H29NP.6FH/c6*1-4-7-11-16(14-10-15,12-8-5-2)13-9-6-3;;;;;;/h6*4-9,11-14H2,1-3H3;6*1H/q6*+1;;;;;;/p-6. The first-order valence-electron chi connectivity index (χ1n) is 41.8. The average molecular weight is 1570 g/mol. The van der Waals surface area contributed by atoms with Crippen LogP contribution in [-0.4, -0.2) is 148 Å². The zero-order valence-corrected chi connectivity index (χ0v) is 76.4. The lowest BCUT2D eigenvalue weighted by Crippen LogP contribution is -3.00. The molecule has 0 spiro atoms. The molecule has 18 heteroatoms. The van der Waals surface area contributed by atoms with Crippen LogP contribution in [0, 0.1) is 68.0 Å². The van der Waals surface area contributed by atoms with Crippen molar-refractivity contribution in [1.29, 1.82) is 31.6 Å². The summed E-state index contributed by atoms with van der Waals surface area (Å²) in [4.78, 5) is 0. The maximum Gasteiger partial charge on any atom is 0.144 e. The third-order valence-corrected chi connectivity index (χ3v) is 47.8. The van der Waals surface area contributed by atoms with Crippen LogP contribution in [-0.2, 0) is 0 Å². The summed E-state index contributed by atoms with van der Waals surface area (Å²) in [5.41, 5.74) is 0. The molecule has 0 heterocycles. The molecule has 0 rings (SSSR count). The van der Waals surface area contributed by atoms with Crippen LogP contribution in [0.4, 0.5) is 0 Å². The van der Waals surface area contributed by atoms with Crippen molar-refractivity contribution in [2.24, 2.45) is 0 Å². The minimum absolute atomic E-state index is 0. The third kappa shape index (κ3) is 74.6. The van der Waals surface area contributed by atoms with E-state index in [1.54, 1.807) is 0 Å². The van der Waals surface area contributed by atoms with Crippen LogP contribution >= 0.6 is 43.6 Å². The Bertz CT molecular complexity index is 1420. The summed E-state index contributed by atoms with van der Waals surface area (Å²) in [6, 6.07) is 14.9. The third-order valence-electron chi connectivity index (χ3n) is 20.2. The molecule has 0 amide bonds. The number of unbranched alkanes of at least 4 members (excludes halogenated alkanes) is 18. The zero-order valence-electron chi connectivity index (χ0n) is 71.1. The maximum atomic E-state index is 9.08. The lowest BCUT2D eigenvalue weighted by Gasteiger charge is -2.25. The van der Waals surface area contributed by atoms with Gasteiger partial charge in [0.15, 0.2) is 0 Å². The number of nitrogens with zero attached hydrogens (tertiary/aromatic N) is 6. The van der Waals surface area contributed by atoms with Crippen molar-refractivity contribution < 1.29 is 28.2 Å². The number of nitriles is 6. The van der Waals surface area contributed by atoms with Crippen molar-refractivity contribution in [3.63, 3.8) is 0 Å². The number of rotatable bonds is 60. The summed E-state index contributed by atoms with van der Waals surface area (Å²) in [5.74, 6) is 0. The summed E-state index contributed by atoms with van der Waals surface area (Å²) < 4.78 is 0. The van der Waals surface area contributed by atoms with Crippen LogP contribution in [0.3, 0.4) is 0 Å². The van der Waals surface area contributed by atoms with Crippen LogP contribution < -0.4 is 28.2 Å². The number of halogens is 6. The van der Waals surface area contributed by atoms with E-state index in [0.29, 0.717) is 0 Å². The lowest BCUT2D eigenvalue weighted by molar-refractivity contribution is -0.00100. The van der Waals surface area contributed by atoms with Crippen molar-refractivity contribution in [3.8, 4) is 36.4 Å². The summed E-state index contributed by atoms with van der Waals surface area (Å²) in [6.07, 6.45) is 77.1. The smallest absolute Gasteiger partial charge is 0.144 e. The molecule has 102 heavy (non-hydrogen) atoms. The van der Waals surface area contributed by atoms with E-state index in [2.05, 4.69) is 161 Å². The van der Waals surface area contributed by atoms with Gasteiger partial charge in [-0.05, 0) is 116 Å². The number of hydrogen-bond donors (Lipinski definition) is 0. The second-order valence-electron chi connectivity index (χ2n) is 29.3. The summed E-state index contributed by atoms with van der Waals surface area (Å²) in [7, 11) is -5.44. The normalized spacial score (nSPS) is 10.7. The molecule has 0 aromatic heterocycles. The van der Waals surface area contributed by atoms with Gasteiger partial charge >= 0.3 is 0 Å². The molecule has 0 radical (unpaired) electrons. The fraction of sp³-hybridized carbons (Fsp3) is 0.929. The first kappa shape index (κ1) is 128. The van der Waals surface area contributed by atoms with Crippen LogP contribution in [0.25, 0.3) is 0 Å². The molecule has 0 aliphatic heterocycles. The molecule has 0 N–H and O–H groups in total. The molecule has 0 aromatic rings. The Labute approximate surface area is 639 Å². The molecule has 0 aliphatic rings. The van der Waals surface area contributed by atoms with Crippen molar-refractivity contribution in [1.82, 2.24) is 0 Å². The molecule has 0 bridgehead atoms. The molecular weight excluding hydrogens is 1390 g/mol. The largest absolute Gasteiger partial charge is 1.00 e. The summed E-state index contributed by atoms with van der Waals surface area (Å²) in [5, 5.41) is 54.5. The predicted molar refractivity (Wildman–Crippen MR) is 460 cm³/mol. The molecular formula is C84H174F6N6P6. The van der Waals surface area contributed by atoms with Gasteiger partial charge in [-0.2, -0.15) is 31.6 Å². The fourth-order valence-corrected chi connectivity index (χ4v) is 39.7. The Kier molecular flexibility index (Phi) is 120. The van der Waals surface area contributed by atoms with Gasteiger partial charge in [-0.25, -0.2) is 0 Å². The molecule has 0 saturated heterocycles. The topological polar surface area (TPSA) is 143 Å². The highest BCUT2D eigenvalue weighted by atomic mass is 31.2. The monoisotopic (exact) mass is 1570 g/mol. The quantitative estimate of drug-likeness (QED) is 0.0438. The Morgan fingerprint density at radius 2 is 0.196 bits per heavy atom. The van der Waals surface area contributed by atoms with Gasteiger partial charge in [0.05, 0.1) is 111 Å².